The number of nitrogens with one attached hydrogen (secondary N) is 2. The van der Waals surface area contributed by atoms with Gasteiger partial charge in [-0.05, 0) is 96.8 Å². The molecule has 0 saturated carbocycles. The number of anilines is 4. The van der Waals surface area contributed by atoms with Crippen molar-refractivity contribution in [1.29, 1.82) is 0 Å². The number of aromatic carboxylic acids is 2. The molecule has 0 amide bonds. The van der Waals surface area contributed by atoms with Gasteiger partial charge in [0.2, 0.25) is 0 Å². The first-order valence-electron chi connectivity index (χ1n) is 17.2. The molecule has 7 rings (SSSR count). The molecule has 3 heterocycles. The van der Waals surface area contributed by atoms with Crippen LogP contribution in [0.15, 0.2) is 104 Å². The molecule has 0 saturated heterocycles. The number of benzene rings is 3. The second kappa shape index (κ2) is 16.3. The van der Waals surface area contributed by atoms with Gasteiger partial charge in [0.1, 0.15) is 0 Å². The summed E-state index contributed by atoms with van der Waals surface area (Å²) in [5.74, 6) is -1.55. The number of rotatable bonds is 10. The van der Waals surface area contributed by atoms with E-state index in [1.807, 2.05) is 12.1 Å². The summed E-state index contributed by atoms with van der Waals surface area (Å²) in [5, 5.41) is 25.0. The monoisotopic (exact) mass is 685 g/mol. The Kier molecular flexibility index (Phi) is 11.2. The first-order chi connectivity index (χ1) is 24.8. The third kappa shape index (κ3) is 8.53. The molecule has 1 unspecified atom stereocenters. The number of nitrogens with zero attached hydrogens (tertiary/aromatic N) is 3. The van der Waals surface area contributed by atoms with Crippen molar-refractivity contribution in [3.8, 4) is 0 Å². The van der Waals surface area contributed by atoms with Crippen LogP contribution in [-0.4, -0.2) is 58.9 Å². The number of carboxylic acid groups (broad SMARTS) is 2. The van der Waals surface area contributed by atoms with Crippen LogP contribution in [0.2, 0.25) is 0 Å². The molecule has 1 aliphatic carbocycles. The lowest BCUT2D eigenvalue weighted by atomic mass is 9.82. The number of carbonyl (C=O) groups is 2. The largest absolute Gasteiger partial charge is 0.478 e. The molecule has 262 valence electrons. The highest BCUT2D eigenvalue weighted by Gasteiger charge is 2.23. The van der Waals surface area contributed by atoms with Gasteiger partial charge in [-0.1, -0.05) is 42.5 Å². The van der Waals surface area contributed by atoms with E-state index in [2.05, 4.69) is 94.1 Å². The third-order valence-corrected chi connectivity index (χ3v) is 9.55. The molecule has 10 nitrogen and oxygen atoms in total. The molecular weight excluding hydrogens is 642 g/mol. The average molecular weight is 686 g/mol. The summed E-state index contributed by atoms with van der Waals surface area (Å²) < 4.78 is 5.80. The Balaban J connectivity index is 0.000000187. The van der Waals surface area contributed by atoms with E-state index in [9.17, 15) is 14.7 Å². The van der Waals surface area contributed by atoms with Gasteiger partial charge in [-0.2, -0.15) is 0 Å². The fourth-order valence-corrected chi connectivity index (χ4v) is 6.83. The highest BCUT2D eigenvalue weighted by atomic mass is 16.5. The van der Waals surface area contributed by atoms with Crippen molar-refractivity contribution >= 4 is 34.7 Å². The van der Waals surface area contributed by atoms with Gasteiger partial charge in [-0.25, -0.2) is 9.59 Å². The molecule has 0 fully saturated rings. The van der Waals surface area contributed by atoms with Gasteiger partial charge in [0.05, 0.1) is 47.6 Å². The maximum absolute atomic E-state index is 11.4. The number of ether oxygens (including phenoxy) is 1. The van der Waals surface area contributed by atoms with E-state index in [0.717, 1.165) is 31.2 Å². The Labute approximate surface area is 298 Å². The van der Waals surface area contributed by atoms with E-state index in [4.69, 9.17) is 9.84 Å². The normalized spacial score (nSPS) is 16.0. The summed E-state index contributed by atoms with van der Waals surface area (Å²) in [7, 11) is 2.11. The van der Waals surface area contributed by atoms with E-state index in [-0.39, 0.29) is 17.2 Å². The van der Waals surface area contributed by atoms with E-state index in [1.54, 1.807) is 6.20 Å². The van der Waals surface area contributed by atoms with Crippen LogP contribution in [0.1, 0.15) is 73.4 Å². The second-order valence-corrected chi connectivity index (χ2v) is 12.9. The Morgan fingerprint density at radius 2 is 1.47 bits per heavy atom. The number of aromatic nitrogens is 2. The third-order valence-electron chi connectivity index (χ3n) is 9.55. The van der Waals surface area contributed by atoms with Crippen LogP contribution >= 0.6 is 0 Å². The van der Waals surface area contributed by atoms with Crippen LogP contribution in [0.3, 0.4) is 0 Å². The Hall–Kier alpha value is -5.74. The smallest absolute Gasteiger partial charge is 0.337 e. The first kappa shape index (κ1) is 35.1. The van der Waals surface area contributed by atoms with Gasteiger partial charge in [0, 0.05) is 49.8 Å². The number of pyridine rings is 2. The minimum atomic E-state index is -0.968. The molecule has 2 atom stereocenters. The molecule has 1 aliphatic heterocycles. The highest BCUT2D eigenvalue weighted by Crippen LogP contribution is 2.36. The molecule has 0 spiro atoms. The molecule has 51 heavy (non-hydrogen) atoms. The van der Waals surface area contributed by atoms with E-state index >= 15 is 0 Å². The Bertz CT molecular complexity index is 2000. The summed E-state index contributed by atoms with van der Waals surface area (Å²) in [5.41, 5.74) is 10.4. The van der Waals surface area contributed by atoms with Gasteiger partial charge >= 0.3 is 11.9 Å². The molecule has 2 aromatic heterocycles. The number of fused-ring (bicyclic) bond motifs is 2. The topological polar surface area (TPSA) is 137 Å². The zero-order valence-electron chi connectivity index (χ0n) is 28.9. The van der Waals surface area contributed by atoms with Crippen molar-refractivity contribution in [1.82, 2.24) is 9.97 Å². The van der Waals surface area contributed by atoms with Gasteiger partial charge in [0.25, 0.3) is 0 Å². The van der Waals surface area contributed by atoms with Crippen molar-refractivity contribution < 1.29 is 24.5 Å². The average Bonchev–Trinajstić information content (AvgIpc) is 3.16. The molecule has 3 aromatic carbocycles. The molecule has 0 radical (unpaired) electrons. The quantitative estimate of drug-likeness (QED) is 0.115. The molecule has 10 heteroatoms. The van der Waals surface area contributed by atoms with Gasteiger partial charge in [0.15, 0.2) is 0 Å². The van der Waals surface area contributed by atoms with Gasteiger partial charge in [-0.15, -0.1) is 0 Å². The van der Waals surface area contributed by atoms with E-state index < -0.39 is 11.9 Å². The summed E-state index contributed by atoms with van der Waals surface area (Å²) in [6.45, 7) is 4.01. The Morgan fingerprint density at radius 3 is 2.18 bits per heavy atom. The lowest BCUT2D eigenvalue weighted by molar-refractivity contribution is 0.0512. The second-order valence-electron chi connectivity index (χ2n) is 12.9. The van der Waals surface area contributed by atoms with E-state index in [0.29, 0.717) is 37.0 Å². The predicted octanol–water partition coefficient (Wildman–Crippen LogP) is 7.89. The number of hydrogen-bond acceptors (Lipinski definition) is 8. The maximum Gasteiger partial charge on any atom is 0.337 e. The predicted molar refractivity (Wildman–Crippen MR) is 200 cm³/mol. The van der Waals surface area contributed by atoms with Crippen LogP contribution in [-0.2, 0) is 17.6 Å². The summed E-state index contributed by atoms with van der Waals surface area (Å²) in [4.78, 5) is 32.9. The van der Waals surface area contributed by atoms with Crippen molar-refractivity contribution in [2.24, 2.45) is 0 Å². The first-order valence-corrected chi connectivity index (χ1v) is 17.2. The van der Waals surface area contributed by atoms with Gasteiger partial charge in [-0.3, -0.25) is 9.97 Å². The van der Waals surface area contributed by atoms with Crippen LogP contribution in [0.5, 0.6) is 0 Å². The fourth-order valence-electron chi connectivity index (χ4n) is 6.83. The zero-order chi connectivity index (χ0) is 35.7. The molecule has 4 N–H and O–H groups in total. The standard InChI is InChI=1S/C25H27N3O2.C16H16N2O3/c1-17-5-3-8-20(13-17)28(2)21-9-10-22-18(14-21)6-4-7-19(22)15-27-24-16-26-12-11-23(24)25(29)30;19-16(20)13-5-7-17-9-14(13)18-10-15-12-4-2-1-3-11(12)6-8-21-15/h3,5,8-14,16,19,27H,4,6-7,15H2,1-2H3,(H,29,30);1-5,7,9,15,18H,6,8,10H2,(H,19,20)/t19-;/m0./s1. The van der Waals surface area contributed by atoms with E-state index in [1.165, 1.54) is 64.4 Å². The molecule has 0 bridgehead atoms. The SMILES string of the molecule is Cc1cccc(N(C)c2ccc3c(c2)CCC[C@H]3CNc2cnccc2C(=O)O)c1.O=C(O)c1ccncc1NCC1OCCc2ccccc21. The lowest BCUT2D eigenvalue weighted by Gasteiger charge is -2.28. The summed E-state index contributed by atoms with van der Waals surface area (Å²) >= 11 is 0. The van der Waals surface area contributed by atoms with Crippen LogP contribution in [0.25, 0.3) is 0 Å². The van der Waals surface area contributed by atoms with Crippen molar-refractivity contribution in [2.45, 2.75) is 44.6 Å². The minimum absolute atomic E-state index is 0.0724. The molecular formula is C41H43N5O5. The zero-order valence-corrected chi connectivity index (χ0v) is 28.9. The lowest BCUT2D eigenvalue weighted by Crippen LogP contribution is -2.23. The van der Waals surface area contributed by atoms with Crippen LogP contribution in [0, 0.1) is 6.92 Å². The van der Waals surface area contributed by atoms with Crippen LogP contribution < -0.4 is 15.5 Å². The number of aryl methyl sites for hydroxylation is 2. The molecule has 2 aliphatic rings. The fraction of sp³-hybridized carbons (Fsp3) is 0.268. The maximum atomic E-state index is 11.4. The van der Waals surface area contributed by atoms with Crippen molar-refractivity contribution in [3.05, 3.63) is 143 Å². The van der Waals surface area contributed by atoms with Crippen LogP contribution in [0.4, 0.5) is 22.7 Å². The summed E-state index contributed by atoms with van der Waals surface area (Å²) in [6.07, 6.45) is 10.3. The minimum Gasteiger partial charge on any atom is -0.478 e. The summed E-state index contributed by atoms with van der Waals surface area (Å²) in [6, 6.07) is 26.5. The van der Waals surface area contributed by atoms with Crippen molar-refractivity contribution in [2.75, 3.05) is 42.3 Å². The molecule has 5 aromatic rings. The van der Waals surface area contributed by atoms with Crippen molar-refractivity contribution in [3.63, 3.8) is 0 Å². The Morgan fingerprint density at radius 1 is 0.784 bits per heavy atom. The van der Waals surface area contributed by atoms with Gasteiger partial charge < -0.3 is 30.5 Å². The number of hydrogen-bond donors (Lipinski definition) is 4. The highest BCUT2D eigenvalue weighted by molar-refractivity contribution is 5.94. The number of carboxylic acids is 2.